The van der Waals surface area contributed by atoms with Gasteiger partial charge in [0.05, 0.1) is 11.9 Å². The quantitative estimate of drug-likeness (QED) is 0.904. The van der Waals surface area contributed by atoms with Crippen LogP contribution >= 0.6 is 0 Å². The first kappa shape index (κ1) is 12.9. The Labute approximate surface area is 106 Å². The maximum atomic E-state index is 11.1. The number of benzene rings is 1. The van der Waals surface area contributed by atoms with Gasteiger partial charge < -0.3 is 4.42 Å². The number of nitrogens with zero attached hydrogens (tertiary/aromatic N) is 1. The molecule has 5 nitrogen and oxygen atoms in total. The average molecular weight is 268 g/mol. The largest absolute Gasteiger partial charge is 0.441 e. The zero-order valence-corrected chi connectivity index (χ0v) is 11.3. The molecule has 0 unspecified atom stereocenters. The van der Waals surface area contributed by atoms with Gasteiger partial charge in [0, 0.05) is 6.42 Å². The molecule has 2 rings (SSSR count). The number of unbranched alkanes of at least 4 members (excludes halogenated alkanes) is 1. The van der Waals surface area contributed by atoms with E-state index in [9.17, 15) is 8.42 Å². The summed E-state index contributed by atoms with van der Waals surface area (Å²) in [5, 5.41) is 0. The van der Waals surface area contributed by atoms with E-state index < -0.39 is 10.0 Å². The molecule has 0 fully saturated rings. The van der Waals surface area contributed by atoms with Gasteiger partial charge in [-0.05, 0) is 24.6 Å². The van der Waals surface area contributed by atoms with Gasteiger partial charge in [0.15, 0.2) is 11.5 Å². The average Bonchev–Trinajstić information content (AvgIpc) is 2.66. The maximum Gasteiger partial charge on any atom is 0.229 e. The van der Waals surface area contributed by atoms with E-state index in [4.69, 9.17) is 4.42 Å². The lowest BCUT2D eigenvalue weighted by molar-refractivity contribution is 0.517. The summed E-state index contributed by atoms with van der Waals surface area (Å²) in [5.41, 5.74) is 1.86. The normalized spacial score (nSPS) is 11.9. The van der Waals surface area contributed by atoms with Gasteiger partial charge in [-0.1, -0.05) is 13.3 Å². The number of anilines is 1. The molecule has 0 saturated heterocycles. The number of nitrogens with one attached hydrogen (secondary N) is 1. The Morgan fingerprint density at radius 2 is 2.17 bits per heavy atom. The molecule has 18 heavy (non-hydrogen) atoms. The highest BCUT2D eigenvalue weighted by Gasteiger charge is 2.08. The van der Waals surface area contributed by atoms with Crippen LogP contribution in [0.2, 0.25) is 0 Å². The number of hydrogen-bond donors (Lipinski definition) is 1. The van der Waals surface area contributed by atoms with Crippen molar-refractivity contribution >= 4 is 26.8 Å². The highest BCUT2D eigenvalue weighted by Crippen LogP contribution is 2.21. The molecule has 0 aliphatic carbocycles. The predicted molar refractivity (Wildman–Crippen MR) is 71.1 cm³/mol. The molecule has 2 aromatic rings. The molecule has 1 heterocycles. The van der Waals surface area contributed by atoms with Gasteiger partial charge in [-0.3, -0.25) is 4.72 Å². The van der Waals surface area contributed by atoms with Crippen molar-refractivity contribution in [3.8, 4) is 0 Å². The Balaban J connectivity index is 2.28. The fraction of sp³-hybridized carbons (Fsp3) is 0.417. The minimum absolute atomic E-state index is 0.500. The van der Waals surface area contributed by atoms with Gasteiger partial charge in [0.25, 0.3) is 0 Å². The number of hydrogen-bond acceptors (Lipinski definition) is 4. The summed E-state index contributed by atoms with van der Waals surface area (Å²) in [6, 6.07) is 5.07. The Morgan fingerprint density at radius 1 is 1.39 bits per heavy atom. The van der Waals surface area contributed by atoms with Crippen molar-refractivity contribution in [2.24, 2.45) is 0 Å². The Kier molecular flexibility index (Phi) is 3.56. The van der Waals surface area contributed by atoms with Crippen LogP contribution in [0.1, 0.15) is 25.7 Å². The molecule has 0 bridgehead atoms. The first-order chi connectivity index (χ1) is 8.48. The molecule has 0 atom stereocenters. The molecule has 0 aliphatic heterocycles. The summed E-state index contributed by atoms with van der Waals surface area (Å²) in [7, 11) is -3.26. The molecular weight excluding hydrogens is 252 g/mol. The molecule has 98 valence electrons. The van der Waals surface area contributed by atoms with Crippen LogP contribution in [0.5, 0.6) is 0 Å². The van der Waals surface area contributed by atoms with Crippen molar-refractivity contribution in [1.29, 1.82) is 0 Å². The van der Waals surface area contributed by atoms with Gasteiger partial charge in [-0.2, -0.15) is 0 Å². The van der Waals surface area contributed by atoms with E-state index in [0.717, 1.165) is 25.5 Å². The van der Waals surface area contributed by atoms with Crippen molar-refractivity contribution in [2.75, 3.05) is 11.0 Å². The molecule has 1 aromatic heterocycles. The number of aromatic nitrogens is 1. The van der Waals surface area contributed by atoms with Crippen LogP contribution in [0.15, 0.2) is 22.6 Å². The first-order valence-electron chi connectivity index (χ1n) is 5.85. The standard InChI is InChI=1S/C12H16N2O3S/c1-3-4-5-12-13-10-8-9(14-18(2,15)16)6-7-11(10)17-12/h6-8,14H,3-5H2,1-2H3. The summed E-state index contributed by atoms with van der Waals surface area (Å²) >= 11 is 0. The number of oxazole rings is 1. The van der Waals surface area contributed by atoms with E-state index in [1.807, 2.05) is 0 Å². The van der Waals surface area contributed by atoms with E-state index in [-0.39, 0.29) is 0 Å². The van der Waals surface area contributed by atoms with Crippen LogP contribution in [0, 0.1) is 0 Å². The van der Waals surface area contributed by atoms with E-state index in [1.54, 1.807) is 18.2 Å². The molecule has 0 spiro atoms. The second kappa shape index (κ2) is 4.97. The third-order valence-electron chi connectivity index (χ3n) is 2.48. The van der Waals surface area contributed by atoms with Crippen LogP contribution < -0.4 is 4.72 Å². The lowest BCUT2D eigenvalue weighted by Crippen LogP contribution is -2.09. The van der Waals surface area contributed by atoms with E-state index in [0.29, 0.717) is 22.7 Å². The van der Waals surface area contributed by atoms with Crippen molar-refractivity contribution in [3.05, 3.63) is 24.1 Å². The Bertz CT molecular complexity index is 646. The monoisotopic (exact) mass is 268 g/mol. The number of sulfonamides is 1. The molecule has 0 saturated carbocycles. The summed E-state index contributed by atoms with van der Waals surface area (Å²) in [6.07, 6.45) is 4.04. The highest BCUT2D eigenvalue weighted by atomic mass is 32.2. The lowest BCUT2D eigenvalue weighted by Gasteiger charge is -2.01. The second-order valence-corrected chi connectivity index (χ2v) is 6.02. The number of rotatable bonds is 5. The summed E-state index contributed by atoms with van der Waals surface area (Å²) in [4.78, 5) is 4.34. The van der Waals surface area contributed by atoms with Crippen LogP contribution in [-0.4, -0.2) is 19.7 Å². The van der Waals surface area contributed by atoms with Gasteiger partial charge in [-0.15, -0.1) is 0 Å². The number of aryl methyl sites for hydroxylation is 1. The van der Waals surface area contributed by atoms with Crippen LogP contribution in [0.3, 0.4) is 0 Å². The highest BCUT2D eigenvalue weighted by molar-refractivity contribution is 7.92. The fourth-order valence-electron chi connectivity index (χ4n) is 1.69. The summed E-state index contributed by atoms with van der Waals surface area (Å²) < 4.78 is 30.2. The van der Waals surface area contributed by atoms with Crippen molar-refractivity contribution in [1.82, 2.24) is 4.98 Å². The third-order valence-corrected chi connectivity index (χ3v) is 3.09. The van der Waals surface area contributed by atoms with Crippen molar-refractivity contribution < 1.29 is 12.8 Å². The van der Waals surface area contributed by atoms with Crippen LogP contribution in [0.4, 0.5) is 5.69 Å². The minimum atomic E-state index is -3.26. The third kappa shape index (κ3) is 3.22. The second-order valence-electron chi connectivity index (χ2n) is 4.27. The molecular formula is C12H16N2O3S. The minimum Gasteiger partial charge on any atom is -0.441 e. The Morgan fingerprint density at radius 3 is 2.83 bits per heavy atom. The first-order valence-corrected chi connectivity index (χ1v) is 7.74. The van der Waals surface area contributed by atoms with Gasteiger partial charge >= 0.3 is 0 Å². The van der Waals surface area contributed by atoms with Gasteiger partial charge in [-0.25, -0.2) is 13.4 Å². The fourth-order valence-corrected chi connectivity index (χ4v) is 2.24. The molecule has 1 N–H and O–H groups in total. The zero-order valence-electron chi connectivity index (χ0n) is 10.4. The van der Waals surface area contributed by atoms with Crippen LogP contribution in [-0.2, 0) is 16.4 Å². The molecule has 0 aliphatic rings. The topological polar surface area (TPSA) is 72.2 Å². The molecule has 0 amide bonds. The van der Waals surface area contributed by atoms with Crippen molar-refractivity contribution in [2.45, 2.75) is 26.2 Å². The van der Waals surface area contributed by atoms with E-state index >= 15 is 0 Å². The smallest absolute Gasteiger partial charge is 0.229 e. The maximum absolute atomic E-state index is 11.1. The van der Waals surface area contributed by atoms with Crippen LogP contribution in [0.25, 0.3) is 11.1 Å². The summed E-state index contributed by atoms with van der Waals surface area (Å²) in [6.45, 7) is 2.11. The molecule has 1 aromatic carbocycles. The molecule has 6 heteroatoms. The zero-order chi connectivity index (χ0) is 13.2. The van der Waals surface area contributed by atoms with Crippen molar-refractivity contribution in [3.63, 3.8) is 0 Å². The van der Waals surface area contributed by atoms with E-state index in [1.165, 1.54) is 0 Å². The van der Waals surface area contributed by atoms with Gasteiger partial charge in [0.2, 0.25) is 10.0 Å². The summed E-state index contributed by atoms with van der Waals surface area (Å²) in [5.74, 6) is 0.698. The van der Waals surface area contributed by atoms with E-state index in [2.05, 4.69) is 16.6 Å². The number of fused-ring (bicyclic) bond motifs is 1. The lowest BCUT2D eigenvalue weighted by atomic mass is 10.2. The Hall–Kier alpha value is -1.56. The SMILES string of the molecule is CCCCc1nc2cc(NS(C)(=O)=O)ccc2o1. The molecule has 0 radical (unpaired) electrons. The van der Waals surface area contributed by atoms with Gasteiger partial charge in [0.1, 0.15) is 5.52 Å². The predicted octanol–water partition coefficient (Wildman–Crippen LogP) is 2.54.